The first kappa shape index (κ1) is 26.8. The maximum absolute atomic E-state index is 13.2. The van der Waals surface area contributed by atoms with Crippen LogP contribution in [0.15, 0.2) is 24.3 Å². The Bertz CT molecular complexity index is 1230. The van der Waals surface area contributed by atoms with E-state index in [4.69, 9.17) is 9.72 Å². The fraction of sp³-hybridized carbons (Fsp3) is 0.476. The molecule has 0 unspecified atom stereocenters. The van der Waals surface area contributed by atoms with Crippen LogP contribution in [0.3, 0.4) is 0 Å². The van der Waals surface area contributed by atoms with Crippen molar-refractivity contribution in [3.63, 3.8) is 0 Å². The van der Waals surface area contributed by atoms with Crippen molar-refractivity contribution >= 4 is 50.2 Å². The van der Waals surface area contributed by atoms with Gasteiger partial charge in [0.25, 0.3) is 0 Å². The summed E-state index contributed by atoms with van der Waals surface area (Å²) >= 11 is 2.21. The standard InChI is InChI=1S/C21H24F3IN6O4S/c1-2-26-20(32)27-14-5-3-13(4-6-14)18-28-16-11-30(36(33,34)21(22,23)24)8-7-15(16)19(29-18)31-9-10-35-12-17(31)25/h3-6,17H,2,7-12H2,1H3,(H2,26,27,32)/t17-/m1/s1. The number of rotatable bonds is 5. The number of fused-ring (bicyclic) bond motifs is 1. The fourth-order valence-electron chi connectivity index (χ4n) is 3.96. The second-order valence-corrected chi connectivity index (χ2v) is 11.5. The number of anilines is 2. The molecular formula is C21H24F3IN6O4S. The molecule has 2 aliphatic heterocycles. The van der Waals surface area contributed by atoms with Gasteiger partial charge in [-0.1, -0.05) is 22.6 Å². The Labute approximate surface area is 219 Å². The smallest absolute Gasteiger partial charge is 0.377 e. The van der Waals surface area contributed by atoms with Gasteiger partial charge in [-0.05, 0) is 37.6 Å². The number of hydrogen-bond donors (Lipinski definition) is 2. The summed E-state index contributed by atoms with van der Waals surface area (Å²) in [4.78, 5) is 23.0. The zero-order valence-electron chi connectivity index (χ0n) is 19.2. The van der Waals surface area contributed by atoms with E-state index in [1.165, 1.54) is 0 Å². The molecule has 1 atom stereocenters. The van der Waals surface area contributed by atoms with E-state index in [9.17, 15) is 26.4 Å². The molecule has 2 amide bonds. The van der Waals surface area contributed by atoms with Gasteiger partial charge in [-0.3, -0.25) is 0 Å². The number of sulfonamides is 1. The molecule has 36 heavy (non-hydrogen) atoms. The molecule has 196 valence electrons. The van der Waals surface area contributed by atoms with Crippen LogP contribution in [0.2, 0.25) is 0 Å². The minimum atomic E-state index is -5.50. The van der Waals surface area contributed by atoms with Crippen LogP contribution in [-0.4, -0.2) is 71.1 Å². The van der Waals surface area contributed by atoms with E-state index in [0.29, 0.717) is 53.2 Å². The minimum absolute atomic E-state index is 0.0520. The van der Waals surface area contributed by atoms with Crippen molar-refractivity contribution < 1.29 is 31.1 Å². The quantitative estimate of drug-likeness (QED) is 0.293. The largest absolute Gasteiger partial charge is 0.511 e. The number of ether oxygens (including phenoxy) is 1. The van der Waals surface area contributed by atoms with Gasteiger partial charge in [0.2, 0.25) is 0 Å². The number of morpholine rings is 1. The van der Waals surface area contributed by atoms with Gasteiger partial charge in [-0.15, -0.1) is 0 Å². The summed E-state index contributed by atoms with van der Waals surface area (Å²) in [5.41, 5.74) is -3.44. The Morgan fingerprint density at radius 1 is 1.22 bits per heavy atom. The van der Waals surface area contributed by atoms with E-state index in [1.807, 2.05) is 4.90 Å². The third-order valence-corrected chi connectivity index (χ3v) is 8.33. The lowest BCUT2D eigenvalue weighted by molar-refractivity contribution is -0.0493. The molecule has 2 aliphatic rings. The maximum atomic E-state index is 13.2. The highest BCUT2D eigenvalue weighted by Crippen LogP contribution is 2.36. The number of aromatic nitrogens is 2. The van der Waals surface area contributed by atoms with Crippen LogP contribution >= 0.6 is 22.6 Å². The van der Waals surface area contributed by atoms with Crippen LogP contribution in [0.25, 0.3) is 11.4 Å². The molecule has 1 aromatic heterocycles. The molecule has 2 N–H and O–H groups in total. The van der Waals surface area contributed by atoms with Gasteiger partial charge in [0, 0.05) is 36.4 Å². The summed E-state index contributed by atoms with van der Waals surface area (Å²) in [5.74, 6) is 0.806. The van der Waals surface area contributed by atoms with E-state index in [2.05, 4.69) is 38.2 Å². The molecule has 0 saturated carbocycles. The summed E-state index contributed by atoms with van der Waals surface area (Å²) in [6.45, 7) is 2.87. The molecule has 0 spiro atoms. The number of nitrogens with one attached hydrogen (secondary N) is 2. The van der Waals surface area contributed by atoms with Gasteiger partial charge in [-0.2, -0.15) is 17.5 Å². The molecule has 1 aromatic carbocycles. The number of halogens is 4. The Hall–Kier alpha value is -2.24. The van der Waals surface area contributed by atoms with E-state index in [1.54, 1.807) is 31.2 Å². The predicted molar refractivity (Wildman–Crippen MR) is 135 cm³/mol. The summed E-state index contributed by atoms with van der Waals surface area (Å²) in [5, 5.41) is 5.31. The molecule has 2 aromatic rings. The molecule has 4 rings (SSSR count). The van der Waals surface area contributed by atoms with E-state index >= 15 is 0 Å². The van der Waals surface area contributed by atoms with Crippen LogP contribution < -0.4 is 15.5 Å². The zero-order chi connectivity index (χ0) is 26.1. The highest BCUT2D eigenvalue weighted by atomic mass is 127. The van der Waals surface area contributed by atoms with E-state index in [-0.39, 0.29) is 34.6 Å². The molecule has 15 heteroatoms. The van der Waals surface area contributed by atoms with Crippen molar-refractivity contribution in [2.45, 2.75) is 29.4 Å². The number of nitrogens with zero attached hydrogens (tertiary/aromatic N) is 4. The Morgan fingerprint density at radius 3 is 2.58 bits per heavy atom. The van der Waals surface area contributed by atoms with Crippen molar-refractivity contribution in [2.75, 3.05) is 43.1 Å². The lowest BCUT2D eigenvalue weighted by Crippen LogP contribution is -2.46. The van der Waals surface area contributed by atoms with Crippen LogP contribution in [0.4, 0.5) is 29.5 Å². The average molecular weight is 640 g/mol. The molecule has 0 radical (unpaired) electrons. The molecule has 1 saturated heterocycles. The summed E-state index contributed by atoms with van der Waals surface area (Å²) < 4.78 is 69.6. The van der Waals surface area contributed by atoms with Crippen molar-refractivity contribution in [3.8, 4) is 11.4 Å². The SMILES string of the molecule is CCNC(=O)Nc1ccc(-c2nc3c(c(N4CCOC[C@@H]4I)n2)CCN(S(=O)(=O)C(F)(F)F)C3)cc1. The van der Waals surface area contributed by atoms with Crippen molar-refractivity contribution in [1.29, 1.82) is 0 Å². The monoisotopic (exact) mass is 640 g/mol. The third-order valence-electron chi connectivity index (χ3n) is 5.72. The normalized spacial score (nSPS) is 19.0. The second kappa shape index (κ2) is 10.6. The molecule has 10 nitrogen and oxygen atoms in total. The predicted octanol–water partition coefficient (Wildman–Crippen LogP) is 3.09. The maximum Gasteiger partial charge on any atom is 0.511 e. The van der Waals surface area contributed by atoms with E-state index in [0.717, 1.165) is 0 Å². The Balaban J connectivity index is 1.73. The number of amides is 2. The minimum Gasteiger partial charge on any atom is -0.377 e. The van der Waals surface area contributed by atoms with Gasteiger partial charge in [0.1, 0.15) is 9.87 Å². The molecule has 0 aliphatic carbocycles. The number of carbonyl (C=O) groups is 1. The number of benzene rings is 1. The topological polar surface area (TPSA) is 117 Å². The van der Waals surface area contributed by atoms with Crippen LogP contribution in [-0.2, 0) is 27.7 Å². The molecule has 3 heterocycles. The highest BCUT2D eigenvalue weighted by Gasteiger charge is 2.51. The number of hydrogen-bond acceptors (Lipinski definition) is 7. The van der Waals surface area contributed by atoms with E-state index < -0.39 is 22.1 Å². The van der Waals surface area contributed by atoms with Crippen LogP contribution in [0, 0.1) is 0 Å². The van der Waals surface area contributed by atoms with Gasteiger partial charge in [0.15, 0.2) is 5.82 Å². The van der Waals surface area contributed by atoms with Gasteiger partial charge < -0.3 is 20.3 Å². The average Bonchev–Trinajstić information content (AvgIpc) is 2.83. The highest BCUT2D eigenvalue weighted by molar-refractivity contribution is 14.1. The first-order chi connectivity index (χ1) is 17.0. The first-order valence-corrected chi connectivity index (χ1v) is 13.8. The lowest BCUT2D eigenvalue weighted by Gasteiger charge is -2.36. The number of urea groups is 1. The molecular weight excluding hydrogens is 616 g/mol. The summed E-state index contributed by atoms with van der Waals surface area (Å²) in [6.07, 6.45) is 0.0520. The zero-order valence-corrected chi connectivity index (χ0v) is 22.2. The number of carbonyl (C=O) groups excluding carboxylic acids is 1. The summed E-state index contributed by atoms with van der Waals surface area (Å²) in [7, 11) is -5.50. The molecule has 0 bridgehead atoms. The second-order valence-electron chi connectivity index (χ2n) is 8.09. The Morgan fingerprint density at radius 2 is 1.94 bits per heavy atom. The van der Waals surface area contributed by atoms with Gasteiger partial charge in [-0.25, -0.2) is 23.2 Å². The van der Waals surface area contributed by atoms with Gasteiger partial charge >= 0.3 is 21.6 Å². The van der Waals surface area contributed by atoms with Crippen molar-refractivity contribution in [3.05, 3.63) is 35.5 Å². The third kappa shape index (κ3) is 5.52. The van der Waals surface area contributed by atoms with Crippen molar-refractivity contribution in [2.24, 2.45) is 0 Å². The number of alkyl halides is 4. The first-order valence-electron chi connectivity index (χ1n) is 11.1. The van der Waals surface area contributed by atoms with Crippen LogP contribution in [0.1, 0.15) is 18.2 Å². The molecule has 1 fully saturated rings. The van der Waals surface area contributed by atoms with Crippen molar-refractivity contribution in [1.82, 2.24) is 19.6 Å². The Kier molecular flexibility index (Phi) is 7.92. The lowest BCUT2D eigenvalue weighted by atomic mass is 10.1. The summed E-state index contributed by atoms with van der Waals surface area (Å²) in [6, 6.07) is 6.32. The van der Waals surface area contributed by atoms with Gasteiger partial charge in [0.05, 0.1) is 25.5 Å². The van der Waals surface area contributed by atoms with Crippen LogP contribution in [0.5, 0.6) is 0 Å². The fourth-order valence-corrected chi connectivity index (χ4v) is 5.67.